The Balaban J connectivity index is 2.59. The van der Waals surface area contributed by atoms with Crippen LogP contribution in [0.3, 0.4) is 0 Å². The lowest BCUT2D eigenvalue weighted by molar-refractivity contribution is -0.116. The molecular formula is C12H11NO. The van der Waals surface area contributed by atoms with Crippen molar-refractivity contribution in [2.75, 3.05) is 0 Å². The maximum absolute atomic E-state index is 11.0. The number of fused-ring (bicyclic) bond motifs is 1. The van der Waals surface area contributed by atoms with Gasteiger partial charge in [-0.2, -0.15) is 0 Å². The van der Waals surface area contributed by atoms with Gasteiger partial charge in [-0.3, -0.25) is 9.78 Å². The Morgan fingerprint density at radius 2 is 2.14 bits per heavy atom. The van der Waals surface area contributed by atoms with Crippen molar-refractivity contribution in [2.24, 2.45) is 0 Å². The Bertz CT molecular complexity index is 471. The van der Waals surface area contributed by atoms with Gasteiger partial charge in [0.05, 0.1) is 5.52 Å². The smallest absolute Gasteiger partial charge is 0.134 e. The third-order valence-electron chi connectivity index (χ3n) is 2.18. The third-order valence-corrected chi connectivity index (χ3v) is 2.18. The van der Waals surface area contributed by atoms with Crippen LogP contribution in [-0.4, -0.2) is 10.8 Å². The first kappa shape index (κ1) is 8.88. The van der Waals surface area contributed by atoms with Crippen molar-refractivity contribution in [3.63, 3.8) is 0 Å². The lowest BCUT2D eigenvalue weighted by atomic mass is 10.0. The summed E-state index contributed by atoms with van der Waals surface area (Å²) >= 11 is 0. The fraction of sp³-hybridized carbons (Fsp3) is 0.167. The number of hydrogen-bond donors (Lipinski definition) is 0. The average Bonchev–Trinajstić information content (AvgIpc) is 2.18. The molecule has 0 aliphatic heterocycles. The van der Waals surface area contributed by atoms with E-state index in [1.54, 1.807) is 13.1 Å². The second-order valence-electron chi connectivity index (χ2n) is 3.37. The van der Waals surface area contributed by atoms with Crippen molar-refractivity contribution in [3.05, 3.63) is 42.1 Å². The molecule has 2 nitrogen and oxygen atoms in total. The van der Waals surface area contributed by atoms with E-state index < -0.39 is 0 Å². The topological polar surface area (TPSA) is 30.0 Å². The van der Waals surface area contributed by atoms with Gasteiger partial charge in [0.25, 0.3) is 0 Å². The van der Waals surface area contributed by atoms with Crippen LogP contribution in [0.4, 0.5) is 0 Å². The van der Waals surface area contributed by atoms with Crippen molar-refractivity contribution < 1.29 is 4.79 Å². The molecule has 0 amide bonds. The van der Waals surface area contributed by atoms with E-state index in [1.807, 2.05) is 30.3 Å². The molecule has 0 spiro atoms. The minimum absolute atomic E-state index is 0.182. The van der Waals surface area contributed by atoms with Crippen molar-refractivity contribution >= 4 is 16.7 Å². The number of benzene rings is 1. The number of hydrogen-bond acceptors (Lipinski definition) is 2. The summed E-state index contributed by atoms with van der Waals surface area (Å²) in [6.45, 7) is 1.61. The molecule has 0 bridgehead atoms. The maximum atomic E-state index is 11.0. The fourth-order valence-electron chi connectivity index (χ4n) is 1.59. The van der Waals surface area contributed by atoms with Crippen molar-refractivity contribution in [1.29, 1.82) is 0 Å². The molecule has 0 aliphatic rings. The Morgan fingerprint density at radius 3 is 2.93 bits per heavy atom. The third kappa shape index (κ3) is 1.64. The average molecular weight is 185 g/mol. The molecule has 2 aromatic rings. The highest BCUT2D eigenvalue weighted by Crippen LogP contribution is 2.16. The predicted octanol–water partition coefficient (Wildman–Crippen LogP) is 2.37. The quantitative estimate of drug-likeness (QED) is 0.719. The van der Waals surface area contributed by atoms with Gasteiger partial charge in [-0.1, -0.05) is 18.2 Å². The van der Waals surface area contributed by atoms with Crippen LogP contribution in [-0.2, 0) is 11.2 Å². The van der Waals surface area contributed by atoms with Gasteiger partial charge in [-0.05, 0) is 24.6 Å². The summed E-state index contributed by atoms with van der Waals surface area (Å²) in [4.78, 5) is 15.3. The molecule has 1 heterocycles. The van der Waals surface area contributed by atoms with E-state index in [1.165, 1.54) is 0 Å². The summed E-state index contributed by atoms with van der Waals surface area (Å²) in [5.74, 6) is 0.182. The molecular weight excluding hydrogens is 174 g/mol. The van der Waals surface area contributed by atoms with Gasteiger partial charge in [0, 0.05) is 18.0 Å². The first-order valence-electron chi connectivity index (χ1n) is 4.59. The van der Waals surface area contributed by atoms with Crippen LogP contribution >= 0.6 is 0 Å². The highest BCUT2D eigenvalue weighted by atomic mass is 16.1. The van der Waals surface area contributed by atoms with E-state index in [2.05, 4.69) is 4.98 Å². The second kappa shape index (κ2) is 3.58. The Morgan fingerprint density at radius 1 is 1.29 bits per heavy atom. The standard InChI is InChI=1S/C12H11NO/c1-9(14)8-10-4-2-6-12-11(10)5-3-7-13-12/h2-7H,8H2,1H3. The molecule has 0 saturated carbocycles. The van der Waals surface area contributed by atoms with Crippen molar-refractivity contribution in [2.45, 2.75) is 13.3 Å². The monoisotopic (exact) mass is 185 g/mol. The van der Waals surface area contributed by atoms with Crippen LogP contribution in [0.2, 0.25) is 0 Å². The van der Waals surface area contributed by atoms with Gasteiger partial charge in [-0.15, -0.1) is 0 Å². The molecule has 14 heavy (non-hydrogen) atoms. The first-order valence-corrected chi connectivity index (χ1v) is 4.59. The number of carbonyl (C=O) groups is 1. The minimum atomic E-state index is 0.182. The highest BCUT2D eigenvalue weighted by molar-refractivity contribution is 5.87. The van der Waals surface area contributed by atoms with Gasteiger partial charge in [-0.25, -0.2) is 0 Å². The Labute approximate surface area is 82.6 Å². The van der Waals surface area contributed by atoms with Crippen molar-refractivity contribution in [1.82, 2.24) is 4.98 Å². The molecule has 70 valence electrons. The molecule has 2 rings (SSSR count). The van der Waals surface area contributed by atoms with E-state index in [9.17, 15) is 4.79 Å². The summed E-state index contributed by atoms with van der Waals surface area (Å²) < 4.78 is 0. The molecule has 0 aliphatic carbocycles. The Hall–Kier alpha value is -1.70. The zero-order chi connectivity index (χ0) is 9.97. The lowest BCUT2D eigenvalue weighted by Crippen LogP contribution is -1.97. The summed E-state index contributed by atoms with van der Waals surface area (Å²) in [5.41, 5.74) is 2.01. The Kier molecular flexibility index (Phi) is 2.27. The molecule has 0 fully saturated rings. The van der Waals surface area contributed by atoms with Gasteiger partial charge in [0.2, 0.25) is 0 Å². The van der Waals surface area contributed by atoms with Crippen molar-refractivity contribution in [3.8, 4) is 0 Å². The number of ketones is 1. The van der Waals surface area contributed by atoms with Crippen LogP contribution in [0.1, 0.15) is 12.5 Å². The summed E-state index contributed by atoms with van der Waals surface area (Å²) in [6, 6.07) is 9.77. The molecule has 0 N–H and O–H groups in total. The summed E-state index contributed by atoms with van der Waals surface area (Å²) in [7, 11) is 0. The molecule has 0 atom stereocenters. The van der Waals surface area contributed by atoms with Crippen LogP contribution in [0.25, 0.3) is 10.9 Å². The minimum Gasteiger partial charge on any atom is -0.300 e. The zero-order valence-electron chi connectivity index (χ0n) is 8.03. The van der Waals surface area contributed by atoms with Gasteiger partial charge in [0.15, 0.2) is 0 Å². The number of nitrogens with zero attached hydrogens (tertiary/aromatic N) is 1. The number of rotatable bonds is 2. The summed E-state index contributed by atoms with van der Waals surface area (Å²) in [6.07, 6.45) is 2.25. The van der Waals surface area contributed by atoms with Crippen LogP contribution in [0.5, 0.6) is 0 Å². The van der Waals surface area contributed by atoms with E-state index >= 15 is 0 Å². The SMILES string of the molecule is CC(=O)Cc1cccc2ncccc12. The zero-order valence-corrected chi connectivity index (χ0v) is 8.03. The maximum Gasteiger partial charge on any atom is 0.134 e. The number of carbonyl (C=O) groups excluding carboxylic acids is 1. The molecule has 0 radical (unpaired) electrons. The normalized spacial score (nSPS) is 10.4. The van der Waals surface area contributed by atoms with Gasteiger partial charge in [0.1, 0.15) is 5.78 Å². The molecule has 2 heteroatoms. The predicted molar refractivity (Wildman–Crippen MR) is 56.1 cm³/mol. The first-order chi connectivity index (χ1) is 6.77. The second-order valence-corrected chi connectivity index (χ2v) is 3.37. The lowest BCUT2D eigenvalue weighted by Gasteiger charge is -2.02. The van der Waals surface area contributed by atoms with Crippen LogP contribution < -0.4 is 0 Å². The number of pyridine rings is 1. The van der Waals surface area contributed by atoms with Gasteiger partial charge >= 0.3 is 0 Å². The van der Waals surface area contributed by atoms with Gasteiger partial charge < -0.3 is 0 Å². The fourth-order valence-corrected chi connectivity index (χ4v) is 1.59. The number of Topliss-reactive ketones (excluding diaryl/α,β-unsaturated/α-hetero) is 1. The molecule has 0 saturated heterocycles. The largest absolute Gasteiger partial charge is 0.300 e. The molecule has 1 aromatic heterocycles. The van der Waals surface area contributed by atoms with E-state index in [0.717, 1.165) is 16.5 Å². The van der Waals surface area contributed by atoms with E-state index in [0.29, 0.717) is 6.42 Å². The summed E-state index contributed by atoms with van der Waals surface area (Å²) in [5, 5.41) is 1.07. The van der Waals surface area contributed by atoms with E-state index in [4.69, 9.17) is 0 Å². The number of aromatic nitrogens is 1. The van der Waals surface area contributed by atoms with Crippen LogP contribution in [0, 0.1) is 0 Å². The highest BCUT2D eigenvalue weighted by Gasteiger charge is 2.02. The molecule has 1 aromatic carbocycles. The molecule has 0 unspecified atom stereocenters. The van der Waals surface area contributed by atoms with E-state index in [-0.39, 0.29) is 5.78 Å². The van der Waals surface area contributed by atoms with Crippen LogP contribution in [0.15, 0.2) is 36.5 Å².